The minimum absolute atomic E-state index is 0.0407. The lowest BCUT2D eigenvalue weighted by molar-refractivity contribution is -0.132. The van der Waals surface area contributed by atoms with Gasteiger partial charge in [0.25, 0.3) is 5.78 Å². The predicted octanol–water partition coefficient (Wildman–Crippen LogP) is 5.76. The van der Waals surface area contributed by atoms with Gasteiger partial charge in [-0.1, -0.05) is 17.4 Å². The van der Waals surface area contributed by atoms with Crippen LogP contribution >= 0.6 is 11.3 Å². The van der Waals surface area contributed by atoms with Crippen LogP contribution in [0.4, 0.5) is 5.13 Å². The summed E-state index contributed by atoms with van der Waals surface area (Å²) >= 11 is 1.33. The zero-order chi connectivity index (χ0) is 25.0. The number of aliphatic hydroxyl groups excluding tert-OH is 1. The highest BCUT2D eigenvalue weighted by atomic mass is 32.1. The summed E-state index contributed by atoms with van der Waals surface area (Å²) in [6.07, 6.45) is 0. The number of ether oxygens (including phenoxy) is 1. The molecule has 1 aliphatic rings. The summed E-state index contributed by atoms with van der Waals surface area (Å²) in [5.74, 6) is -0.169. The maximum Gasteiger partial charge on any atom is 0.302 e. The fourth-order valence-corrected chi connectivity index (χ4v) is 5.71. The van der Waals surface area contributed by atoms with Crippen LogP contribution in [0.5, 0.6) is 5.75 Å². The SMILES string of the molecule is COc1ccc(/C(O)=C2\C(=O)C(=O)N(c3nc4c(C)cc(C)cc4s3)[C@H]2c2ccc(C)o2)cc1C. The van der Waals surface area contributed by atoms with Crippen molar-refractivity contribution < 1.29 is 23.8 Å². The lowest BCUT2D eigenvalue weighted by Gasteiger charge is -2.20. The number of fused-ring (bicyclic) bond motifs is 1. The number of rotatable bonds is 4. The highest BCUT2D eigenvalue weighted by molar-refractivity contribution is 7.22. The van der Waals surface area contributed by atoms with E-state index in [1.807, 2.05) is 32.9 Å². The largest absolute Gasteiger partial charge is 0.507 e. The van der Waals surface area contributed by atoms with Gasteiger partial charge in [-0.3, -0.25) is 14.5 Å². The van der Waals surface area contributed by atoms with Crippen molar-refractivity contribution in [3.05, 3.63) is 81.8 Å². The number of benzene rings is 2. The number of hydrogen-bond acceptors (Lipinski definition) is 7. The van der Waals surface area contributed by atoms with Gasteiger partial charge in [0, 0.05) is 5.56 Å². The zero-order valence-corrected chi connectivity index (χ0v) is 20.8. The fraction of sp³-hybridized carbons (Fsp3) is 0.222. The molecular weight excluding hydrogens is 464 g/mol. The van der Waals surface area contributed by atoms with Crippen LogP contribution in [0.2, 0.25) is 0 Å². The molecule has 35 heavy (non-hydrogen) atoms. The van der Waals surface area contributed by atoms with Crippen LogP contribution in [0.1, 0.15) is 39.8 Å². The second-order valence-corrected chi connectivity index (χ2v) is 9.74. The van der Waals surface area contributed by atoms with Crippen LogP contribution in [0.3, 0.4) is 0 Å². The van der Waals surface area contributed by atoms with Crippen LogP contribution < -0.4 is 9.64 Å². The maximum atomic E-state index is 13.4. The standard InChI is InChI=1S/C27H24N2O5S/c1-13-10-15(3)22-20(11-13)35-27(28-22)29-23(19-8-6-16(4)34-19)21(25(31)26(29)32)24(30)17-7-9-18(33-5)14(2)12-17/h6-12,23,30H,1-5H3/b24-21+/t23-/m0/s1. The molecule has 2 aromatic carbocycles. The molecular formula is C27H24N2O5S. The fourth-order valence-electron chi connectivity index (χ4n) is 4.54. The van der Waals surface area contributed by atoms with Gasteiger partial charge >= 0.3 is 5.91 Å². The third-order valence-electron chi connectivity index (χ3n) is 6.17. The van der Waals surface area contributed by atoms with Crippen LogP contribution in [0.15, 0.2) is 52.5 Å². The van der Waals surface area contributed by atoms with Gasteiger partial charge < -0.3 is 14.3 Å². The number of anilines is 1. The number of methoxy groups -OCH3 is 1. The van der Waals surface area contributed by atoms with Crippen molar-refractivity contribution in [1.29, 1.82) is 0 Å². The average Bonchev–Trinajstić information content (AvgIpc) is 3.49. The van der Waals surface area contributed by atoms with E-state index < -0.39 is 17.7 Å². The first-order valence-electron chi connectivity index (χ1n) is 11.1. The van der Waals surface area contributed by atoms with Gasteiger partial charge in [-0.15, -0.1) is 0 Å². The summed E-state index contributed by atoms with van der Waals surface area (Å²) < 4.78 is 12.1. The number of thiazole rings is 1. The molecule has 4 aromatic rings. The number of nitrogens with zero attached hydrogens (tertiary/aromatic N) is 2. The zero-order valence-electron chi connectivity index (χ0n) is 20.0. The Kier molecular flexibility index (Phi) is 5.48. The first-order valence-corrected chi connectivity index (χ1v) is 11.9. The number of hydrogen-bond donors (Lipinski definition) is 1. The topological polar surface area (TPSA) is 92.9 Å². The number of amides is 1. The third-order valence-corrected chi connectivity index (χ3v) is 7.17. The van der Waals surface area contributed by atoms with E-state index in [1.54, 1.807) is 44.4 Å². The maximum absolute atomic E-state index is 13.4. The third kappa shape index (κ3) is 3.70. The van der Waals surface area contributed by atoms with Crippen molar-refractivity contribution in [2.24, 2.45) is 0 Å². The van der Waals surface area contributed by atoms with E-state index in [-0.39, 0.29) is 11.3 Å². The molecule has 0 unspecified atom stereocenters. The first-order chi connectivity index (χ1) is 16.7. The molecule has 0 spiro atoms. The molecule has 0 radical (unpaired) electrons. The Hall–Kier alpha value is -3.91. The number of carbonyl (C=O) groups excluding carboxylic acids is 2. The Balaban J connectivity index is 1.72. The molecule has 7 nitrogen and oxygen atoms in total. The molecule has 1 N–H and O–H groups in total. The molecule has 0 bridgehead atoms. The molecule has 8 heteroatoms. The summed E-state index contributed by atoms with van der Waals surface area (Å²) in [6, 6.07) is 11.6. The summed E-state index contributed by atoms with van der Waals surface area (Å²) in [6.45, 7) is 7.59. The average molecular weight is 489 g/mol. The van der Waals surface area contributed by atoms with Gasteiger partial charge in [0.05, 0.1) is 22.9 Å². The normalized spacial score (nSPS) is 17.5. The Morgan fingerprint density at radius 1 is 1.06 bits per heavy atom. The summed E-state index contributed by atoms with van der Waals surface area (Å²) in [5.41, 5.74) is 4.00. The van der Waals surface area contributed by atoms with Crippen LogP contribution in [-0.2, 0) is 9.59 Å². The van der Waals surface area contributed by atoms with Crippen LogP contribution in [-0.4, -0.2) is 28.9 Å². The predicted molar refractivity (Wildman–Crippen MR) is 135 cm³/mol. The van der Waals surface area contributed by atoms with Crippen molar-refractivity contribution in [2.75, 3.05) is 12.0 Å². The Bertz CT molecular complexity index is 1540. The lowest BCUT2D eigenvalue weighted by Crippen LogP contribution is -2.29. The van der Waals surface area contributed by atoms with Crippen molar-refractivity contribution >= 4 is 44.1 Å². The Morgan fingerprint density at radius 3 is 2.49 bits per heavy atom. The van der Waals surface area contributed by atoms with E-state index in [9.17, 15) is 14.7 Å². The molecule has 0 saturated carbocycles. The first kappa shape index (κ1) is 22.9. The van der Waals surface area contributed by atoms with Crippen molar-refractivity contribution in [3.8, 4) is 5.75 Å². The van der Waals surface area contributed by atoms with E-state index in [4.69, 9.17) is 14.1 Å². The molecule has 178 valence electrons. The molecule has 0 aliphatic carbocycles. The van der Waals surface area contributed by atoms with Gasteiger partial charge in [-0.05, 0) is 80.8 Å². The Labute approximate surface area is 206 Å². The number of carbonyl (C=O) groups is 2. The molecule has 1 atom stereocenters. The summed E-state index contributed by atoms with van der Waals surface area (Å²) in [4.78, 5) is 32.8. The van der Waals surface area contributed by atoms with Gasteiger partial charge in [0.15, 0.2) is 5.13 Å². The number of aryl methyl sites for hydroxylation is 4. The minimum atomic E-state index is -0.951. The van der Waals surface area contributed by atoms with Gasteiger partial charge in [-0.25, -0.2) is 4.98 Å². The highest BCUT2D eigenvalue weighted by Crippen LogP contribution is 2.45. The van der Waals surface area contributed by atoms with E-state index in [0.29, 0.717) is 28.0 Å². The van der Waals surface area contributed by atoms with Crippen molar-refractivity contribution in [1.82, 2.24) is 4.98 Å². The van der Waals surface area contributed by atoms with Gasteiger partial charge in [0.1, 0.15) is 29.1 Å². The summed E-state index contributed by atoms with van der Waals surface area (Å²) in [5, 5.41) is 11.7. The number of ketones is 1. The Morgan fingerprint density at radius 2 is 1.83 bits per heavy atom. The quantitative estimate of drug-likeness (QED) is 0.223. The molecule has 1 aliphatic heterocycles. The number of aromatic nitrogens is 1. The van der Waals surface area contributed by atoms with Gasteiger partial charge in [0.2, 0.25) is 0 Å². The minimum Gasteiger partial charge on any atom is -0.507 e. The smallest absolute Gasteiger partial charge is 0.302 e. The van der Waals surface area contributed by atoms with Gasteiger partial charge in [-0.2, -0.15) is 0 Å². The number of aliphatic hydroxyl groups is 1. The second-order valence-electron chi connectivity index (χ2n) is 8.73. The van der Waals surface area contributed by atoms with E-state index in [2.05, 4.69) is 0 Å². The molecule has 1 saturated heterocycles. The van der Waals surface area contributed by atoms with E-state index in [0.717, 1.165) is 26.9 Å². The monoisotopic (exact) mass is 488 g/mol. The molecule has 2 aromatic heterocycles. The lowest BCUT2D eigenvalue weighted by atomic mass is 9.98. The molecule has 1 fully saturated rings. The number of furan rings is 1. The molecule has 1 amide bonds. The van der Waals surface area contributed by atoms with Crippen LogP contribution in [0.25, 0.3) is 16.0 Å². The molecule has 3 heterocycles. The molecule has 5 rings (SSSR count). The van der Waals surface area contributed by atoms with Crippen molar-refractivity contribution in [3.63, 3.8) is 0 Å². The highest BCUT2D eigenvalue weighted by Gasteiger charge is 2.49. The van der Waals surface area contributed by atoms with Crippen molar-refractivity contribution in [2.45, 2.75) is 33.7 Å². The van der Waals surface area contributed by atoms with Crippen LogP contribution in [0, 0.1) is 27.7 Å². The second kappa shape index (κ2) is 8.39. The number of Topliss-reactive ketones (excluding diaryl/α,β-unsaturated/α-hetero) is 1. The summed E-state index contributed by atoms with van der Waals surface area (Å²) in [7, 11) is 1.56. The van der Waals surface area contributed by atoms with E-state index >= 15 is 0 Å². The van der Waals surface area contributed by atoms with E-state index in [1.165, 1.54) is 16.2 Å².